The molecule has 0 spiro atoms. The van der Waals surface area contributed by atoms with Gasteiger partial charge >= 0.3 is 0 Å². The normalized spacial score (nSPS) is 15.8. The Labute approximate surface area is 162 Å². The van der Waals surface area contributed by atoms with Crippen molar-refractivity contribution in [1.29, 1.82) is 0 Å². The molecule has 0 aliphatic carbocycles. The van der Waals surface area contributed by atoms with E-state index in [1.165, 1.54) is 10.4 Å². The van der Waals surface area contributed by atoms with Gasteiger partial charge in [0, 0.05) is 19.6 Å². The van der Waals surface area contributed by atoms with Crippen molar-refractivity contribution >= 4 is 39.1 Å². The Bertz CT molecular complexity index is 869. The van der Waals surface area contributed by atoms with Crippen molar-refractivity contribution in [3.8, 4) is 0 Å². The predicted molar refractivity (Wildman–Crippen MR) is 101 cm³/mol. The number of nitrogens with one attached hydrogen (secondary N) is 2. The second-order valence-electron chi connectivity index (χ2n) is 6.14. The highest BCUT2D eigenvalue weighted by Gasteiger charge is 2.25. The van der Waals surface area contributed by atoms with Gasteiger partial charge < -0.3 is 10.3 Å². The minimum Gasteiger partial charge on any atom is -0.347 e. The Morgan fingerprint density at radius 2 is 1.77 bits per heavy atom. The van der Waals surface area contributed by atoms with E-state index in [2.05, 4.69) is 10.3 Å². The molecule has 0 radical (unpaired) electrons. The van der Waals surface area contributed by atoms with Gasteiger partial charge in [-0.15, -0.1) is 0 Å². The van der Waals surface area contributed by atoms with Gasteiger partial charge in [-0.25, -0.2) is 8.42 Å². The number of amides is 1. The number of carbonyl (C=O) groups is 1. The van der Waals surface area contributed by atoms with Crippen LogP contribution in [0.5, 0.6) is 0 Å². The van der Waals surface area contributed by atoms with Crippen LogP contribution in [0.4, 0.5) is 0 Å². The number of hydrogen-bond donors (Lipinski definition) is 2. The van der Waals surface area contributed by atoms with E-state index in [1.54, 1.807) is 24.3 Å². The number of piperidine rings is 1. The number of aromatic amines is 1. The summed E-state index contributed by atoms with van der Waals surface area (Å²) in [6.07, 6.45) is 2.87. The van der Waals surface area contributed by atoms with E-state index in [4.69, 9.17) is 23.2 Å². The van der Waals surface area contributed by atoms with Crippen molar-refractivity contribution in [3.63, 3.8) is 0 Å². The topological polar surface area (TPSA) is 82.3 Å². The zero-order valence-electron chi connectivity index (χ0n) is 14.0. The van der Waals surface area contributed by atoms with Crippen LogP contribution >= 0.6 is 23.2 Å². The number of H-pyrrole nitrogens is 1. The van der Waals surface area contributed by atoms with E-state index in [9.17, 15) is 13.2 Å². The number of halogens is 2. The van der Waals surface area contributed by atoms with Crippen molar-refractivity contribution in [3.05, 3.63) is 51.8 Å². The average molecular weight is 416 g/mol. The number of nitrogens with zero attached hydrogens (tertiary/aromatic N) is 1. The summed E-state index contributed by atoms with van der Waals surface area (Å²) in [5.41, 5.74) is 1.06. The third-order valence-electron chi connectivity index (χ3n) is 4.30. The molecule has 2 heterocycles. The van der Waals surface area contributed by atoms with E-state index in [0.29, 0.717) is 13.1 Å². The molecule has 1 aliphatic rings. The number of carbonyl (C=O) groups excluding carboxylic acids is 1. The van der Waals surface area contributed by atoms with Gasteiger partial charge in [-0.2, -0.15) is 4.31 Å². The highest BCUT2D eigenvalue weighted by Crippen LogP contribution is 2.22. The second-order valence-corrected chi connectivity index (χ2v) is 8.86. The molecule has 0 saturated carbocycles. The molecular formula is C17H19Cl2N3O3S. The standard InChI is InChI=1S/C17H19Cl2N3O3S/c18-14-10-15(21-16(14)19)17(23)20-11-12-4-6-13(7-5-12)26(24,25)22-8-2-1-3-9-22/h4-7,10,21H,1-3,8-9,11H2,(H,20,23). The quantitative estimate of drug-likeness (QED) is 0.784. The molecule has 1 aliphatic heterocycles. The summed E-state index contributed by atoms with van der Waals surface area (Å²) in [4.78, 5) is 15.0. The fourth-order valence-corrected chi connectivity index (χ4v) is 4.67. The summed E-state index contributed by atoms with van der Waals surface area (Å²) in [7, 11) is -3.44. The van der Waals surface area contributed by atoms with Gasteiger partial charge in [0.2, 0.25) is 10.0 Å². The number of sulfonamides is 1. The lowest BCUT2D eigenvalue weighted by atomic mass is 10.2. The van der Waals surface area contributed by atoms with Gasteiger partial charge in [0.15, 0.2) is 0 Å². The fourth-order valence-electron chi connectivity index (χ4n) is 2.84. The predicted octanol–water partition coefficient (Wildman–Crippen LogP) is 3.43. The van der Waals surface area contributed by atoms with Gasteiger partial charge in [0.25, 0.3) is 5.91 Å². The van der Waals surface area contributed by atoms with Crippen LogP contribution in [0.15, 0.2) is 35.2 Å². The zero-order chi connectivity index (χ0) is 18.7. The molecule has 0 unspecified atom stereocenters. The summed E-state index contributed by atoms with van der Waals surface area (Å²) >= 11 is 11.6. The summed E-state index contributed by atoms with van der Waals surface area (Å²) in [5, 5.41) is 3.22. The van der Waals surface area contributed by atoms with Crippen LogP contribution in [0.3, 0.4) is 0 Å². The van der Waals surface area contributed by atoms with E-state index >= 15 is 0 Å². The van der Waals surface area contributed by atoms with Crippen molar-refractivity contribution in [2.45, 2.75) is 30.7 Å². The molecule has 6 nitrogen and oxygen atoms in total. The molecular weight excluding hydrogens is 397 g/mol. The SMILES string of the molecule is O=C(NCc1ccc(S(=O)(=O)N2CCCCC2)cc1)c1cc(Cl)c(Cl)[nH]1. The fraction of sp³-hybridized carbons (Fsp3) is 0.353. The lowest BCUT2D eigenvalue weighted by molar-refractivity contribution is 0.0946. The first-order valence-electron chi connectivity index (χ1n) is 8.29. The monoisotopic (exact) mass is 415 g/mol. The summed E-state index contributed by atoms with van der Waals surface area (Å²) in [6.45, 7) is 1.40. The molecule has 26 heavy (non-hydrogen) atoms. The third kappa shape index (κ3) is 4.23. The summed E-state index contributed by atoms with van der Waals surface area (Å²) in [5.74, 6) is -0.344. The van der Waals surface area contributed by atoms with Gasteiger partial charge in [-0.1, -0.05) is 41.8 Å². The highest BCUT2D eigenvalue weighted by molar-refractivity contribution is 7.89. The largest absolute Gasteiger partial charge is 0.347 e. The van der Waals surface area contributed by atoms with Crippen LogP contribution in [0.2, 0.25) is 10.2 Å². The molecule has 9 heteroatoms. The molecule has 0 atom stereocenters. The number of aromatic nitrogens is 1. The zero-order valence-corrected chi connectivity index (χ0v) is 16.3. The van der Waals surface area contributed by atoms with Gasteiger partial charge in [0.05, 0.1) is 9.92 Å². The first kappa shape index (κ1) is 19.2. The Kier molecular flexibility index (Phi) is 5.92. The third-order valence-corrected chi connectivity index (χ3v) is 6.90. The van der Waals surface area contributed by atoms with Crippen LogP contribution in [0.1, 0.15) is 35.3 Å². The number of benzene rings is 1. The molecule has 1 amide bonds. The van der Waals surface area contributed by atoms with E-state index in [-0.39, 0.29) is 33.2 Å². The molecule has 1 saturated heterocycles. The summed E-state index contributed by atoms with van der Waals surface area (Å²) in [6, 6.07) is 8.01. The second kappa shape index (κ2) is 8.00. The maximum atomic E-state index is 12.6. The number of rotatable bonds is 5. The van der Waals surface area contributed by atoms with Crippen LogP contribution in [0.25, 0.3) is 0 Å². The molecule has 0 bridgehead atoms. The molecule has 1 aromatic carbocycles. The van der Waals surface area contributed by atoms with E-state index in [0.717, 1.165) is 24.8 Å². The first-order chi connectivity index (χ1) is 12.4. The van der Waals surface area contributed by atoms with Gasteiger partial charge in [-0.3, -0.25) is 4.79 Å². The minimum absolute atomic E-state index is 0.212. The van der Waals surface area contributed by atoms with Crippen LogP contribution < -0.4 is 5.32 Å². The molecule has 2 N–H and O–H groups in total. The average Bonchev–Trinajstić information content (AvgIpc) is 2.99. The Balaban J connectivity index is 1.63. The molecule has 1 fully saturated rings. The number of hydrogen-bond acceptors (Lipinski definition) is 3. The molecule has 2 aromatic rings. The first-order valence-corrected chi connectivity index (χ1v) is 10.5. The maximum absolute atomic E-state index is 12.6. The van der Waals surface area contributed by atoms with Crippen molar-refractivity contribution in [2.24, 2.45) is 0 Å². The van der Waals surface area contributed by atoms with Crippen LogP contribution in [0, 0.1) is 0 Å². The van der Waals surface area contributed by atoms with Crippen LogP contribution in [-0.4, -0.2) is 36.7 Å². The van der Waals surface area contributed by atoms with Gasteiger partial charge in [-0.05, 0) is 36.6 Å². The van der Waals surface area contributed by atoms with E-state index < -0.39 is 10.0 Å². The Morgan fingerprint density at radius 3 is 2.35 bits per heavy atom. The highest BCUT2D eigenvalue weighted by atomic mass is 35.5. The minimum atomic E-state index is -3.44. The van der Waals surface area contributed by atoms with Gasteiger partial charge in [0.1, 0.15) is 10.8 Å². The lowest BCUT2D eigenvalue weighted by Gasteiger charge is -2.25. The van der Waals surface area contributed by atoms with Crippen molar-refractivity contribution in [2.75, 3.05) is 13.1 Å². The van der Waals surface area contributed by atoms with Crippen molar-refractivity contribution in [1.82, 2.24) is 14.6 Å². The van der Waals surface area contributed by atoms with Crippen LogP contribution in [-0.2, 0) is 16.6 Å². The summed E-state index contributed by atoms with van der Waals surface area (Å²) < 4.78 is 26.8. The molecule has 140 valence electrons. The Hall–Kier alpha value is -1.54. The Morgan fingerprint density at radius 1 is 1.12 bits per heavy atom. The maximum Gasteiger partial charge on any atom is 0.268 e. The van der Waals surface area contributed by atoms with Crippen molar-refractivity contribution < 1.29 is 13.2 Å². The van der Waals surface area contributed by atoms with E-state index in [1.807, 2.05) is 0 Å². The molecule has 3 rings (SSSR count). The smallest absolute Gasteiger partial charge is 0.268 e. The lowest BCUT2D eigenvalue weighted by Crippen LogP contribution is -2.35. The molecule has 1 aromatic heterocycles.